The van der Waals surface area contributed by atoms with Crippen LogP contribution in [0.2, 0.25) is 0 Å². The zero-order valence-electron chi connectivity index (χ0n) is 19.2. The average molecular weight is 451 g/mol. The summed E-state index contributed by atoms with van der Waals surface area (Å²) in [6, 6.07) is 47.9. The molecule has 0 unspecified atom stereocenters. The molecule has 0 fully saturated rings. The minimum atomic E-state index is 0.286. The van der Waals surface area contributed by atoms with Crippen LogP contribution in [0.5, 0.6) is 5.75 Å². The predicted octanol–water partition coefficient (Wildman–Crippen LogP) is 7.82. The number of fused-ring (bicyclic) bond motifs is 1. The molecule has 0 saturated carbocycles. The predicted molar refractivity (Wildman–Crippen MR) is 143 cm³/mol. The first-order valence-corrected chi connectivity index (χ1v) is 11.8. The van der Waals surface area contributed by atoms with Crippen molar-refractivity contribution in [2.45, 2.75) is 0 Å². The second-order valence-corrected chi connectivity index (χ2v) is 8.60. The van der Waals surface area contributed by atoms with E-state index in [0.29, 0.717) is 0 Å². The molecular weight excluding hydrogens is 426 g/mol. The fourth-order valence-electron chi connectivity index (χ4n) is 4.77. The van der Waals surface area contributed by atoms with Crippen LogP contribution in [0.15, 0.2) is 140 Å². The van der Waals surface area contributed by atoms with Gasteiger partial charge in [-0.05, 0) is 47.5 Å². The molecule has 6 aromatic rings. The summed E-state index contributed by atoms with van der Waals surface area (Å²) >= 11 is 0. The number of aromatic nitrogens is 1. The van der Waals surface area contributed by atoms with E-state index in [1.165, 1.54) is 5.56 Å². The highest BCUT2D eigenvalue weighted by atomic mass is 16.3. The van der Waals surface area contributed by atoms with Crippen molar-refractivity contribution in [2.75, 3.05) is 0 Å². The maximum atomic E-state index is 10.6. The second-order valence-electron chi connectivity index (χ2n) is 8.60. The number of nitrogens with zero attached hydrogens (tertiary/aromatic N) is 1. The summed E-state index contributed by atoms with van der Waals surface area (Å²) < 4.78 is 2.32. The zero-order chi connectivity index (χ0) is 23.6. The van der Waals surface area contributed by atoms with E-state index < -0.39 is 0 Å². The first kappa shape index (κ1) is 20.9. The third-order valence-corrected chi connectivity index (χ3v) is 6.43. The molecule has 0 saturated heterocycles. The molecule has 35 heavy (non-hydrogen) atoms. The van der Waals surface area contributed by atoms with Gasteiger partial charge in [-0.3, -0.25) is 0 Å². The Hall–Kier alpha value is -4.69. The van der Waals surface area contributed by atoms with Gasteiger partial charge in [-0.15, -0.1) is 0 Å². The molecule has 0 spiro atoms. The highest BCUT2D eigenvalue weighted by molar-refractivity contribution is 5.93. The molecule has 0 aliphatic heterocycles. The van der Waals surface area contributed by atoms with Gasteiger partial charge in [-0.25, -0.2) is 0 Å². The summed E-state index contributed by atoms with van der Waals surface area (Å²) in [5.74, 6) is 0.286. The van der Waals surface area contributed by atoms with Gasteiger partial charge in [0.2, 0.25) is 17.1 Å². The van der Waals surface area contributed by atoms with Crippen molar-refractivity contribution in [3.63, 3.8) is 0 Å². The topological polar surface area (TPSA) is 24.1 Å². The van der Waals surface area contributed by atoms with E-state index in [-0.39, 0.29) is 5.75 Å². The lowest BCUT2D eigenvalue weighted by Crippen LogP contribution is -2.36. The van der Waals surface area contributed by atoms with E-state index >= 15 is 0 Å². The lowest BCUT2D eigenvalue weighted by Gasteiger charge is -2.14. The summed E-state index contributed by atoms with van der Waals surface area (Å²) in [5, 5.41) is 12.4. The largest absolute Gasteiger partial charge is 0.507 e. The van der Waals surface area contributed by atoms with E-state index in [2.05, 4.69) is 102 Å². The van der Waals surface area contributed by atoms with Crippen LogP contribution >= 0.6 is 0 Å². The molecule has 1 heterocycles. The Morgan fingerprint density at radius 1 is 0.400 bits per heavy atom. The van der Waals surface area contributed by atoms with Gasteiger partial charge < -0.3 is 5.11 Å². The number of rotatable bonds is 4. The van der Waals surface area contributed by atoms with E-state index in [4.69, 9.17) is 0 Å². The third-order valence-electron chi connectivity index (χ3n) is 6.43. The van der Waals surface area contributed by atoms with Gasteiger partial charge in [0, 0.05) is 34.7 Å². The molecule has 0 aliphatic carbocycles. The van der Waals surface area contributed by atoms with Crippen molar-refractivity contribution in [1.29, 1.82) is 0 Å². The molecule has 6 rings (SSSR count). The monoisotopic (exact) mass is 450 g/mol. The second kappa shape index (κ2) is 8.92. The van der Waals surface area contributed by atoms with Crippen LogP contribution in [0.25, 0.3) is 50.1 Å². The lowest BCUT2D eigenvalue weighted by atomic mass is 9.98. The van der Waals surface area contributed by atoms with Crippen molar-refractivity contribution in [1.82, 2.24) is 0 Å². The standard InChI is InChI=1S/C33H23NO/c35-33-21-11-18-28-29(33)19-10-20-30(28)34-31(25-14-6-2-7-15-25)22-27(24-12-4-1-5-13-24)23-32(34)26-16-8-3-9-17-26/h1-23H/p+1. The van der Waals surface area contributed by atoms with Gasteiger partial charge in [0.1, 0.15) is 5.75 Å². The SMILES string of the molecule is Oc1cccc2c(-[n+]3c(-c4ccccc4)cc(-c4ccccc4)cc3-c3ccccc3)cccc12. The molecule has 0 atom stereocenters. The molecule has 0 aliphatic rings. The first-order chi connectivity index (χ1) is 17.3. The van der Waals surface area contributed by atoms with Crippen molar-refractivity contribution >= 4 is 10.8 Å². The average Bonchev–Trinajstić information content (AvgIpc) is 2.94. The molecule has 1 aromatic heterocycles. The fourth-order valence-corrected chi connectivity index (χ4v) is 4.77. The van der Waals surface area contributed by atoms with E-state index in [0.717, 1.165) is 44.5 Å². The molecule has 0 bridgehead atoms. The third kappa shape index (κ3) is 3.85. The summed E-state index contributed by atoms with van der Waals surface area (Å²) in [6.07, 6.45) is 0. The number of benzene rings is 5. The maximum Gasteiger partial charge on any atom is 0.219 e. The number of aromatic hydroxyl groups is 1. The van der Waals surface area contributed by atoms with Gasteiger partial charge in [0.15, 0.2) is 0 Å². The van der Waals surface area contributed by atoms with Crippen LogP contribution in [0, 0.1) is 0 Å². The molecule has 5 aromatic carbocycles. The van der Waals surface area contributed by atoms with Gasteiger partial charge >= 0.3 is 0 Å². The van der Waals surface area contributed by atoms with Crippen LogP contribution in [-0.4, -0.2) is 5.11 Å². The Bertz CT molecular complexity index is 1560. The molecule has 2 nitrogen and oxygen atoms in total. The number of hydrogen-bond donors (Lipinski definition) is 1. The summed E-state index contributed by atoms with van der Waals surface area (Å²) in [5.41, 5.74) is 7.77. The molecule has 0 radical (unpaired) electrons. The minimum Gasteiger partial charge on any atom is -0.507 e. The van der Waals surface area contributed by atoms with Crippen LogP contribution < -0.4 is 4.57 Å². The highest BCUT2D eigenvalue weighted by Gasteiger charge is 2.26. The number of phenolic OH excluding ortho intramolecular Hbond substituents is 1. The van der Waals surface area contributed by atoms with E-state index in [1.54, 1.807) is 6.07 Å². The van der Waals surface area contributed by atoms with Crippen molar-refractivity contribution < 1.29 is 9.67 Å². The van der Waals surface area contributed by atoms with Gasteiger partial charge in [0.25, 0.3) is 0 Å². The Labute approximate surface area is 205 Å². The number of pyridine rings is 1. The highest BCUT2D eigenvalue weighted by Crippen LogP contribution is 2.33. The van der Waals surface area contributed by atoms with Crippen molar-refractivity contribution in [3.8, 4) is 45.1 Å². The Morgan fingerprint density at radius 3 is 1.46 bits per heavy atom. The zero-order valence-corrected chi connectivity index (χ0v) is 19.2. The smallest absolute Gasteiger partial charge is 0.219 e. The van der Waals surface area contributed by atoms with Gasteiger partial charge in [-0.1, -0.05) is 84.9 Å². The summed E-state index contributed by atoms with van der Waals surface area (Å²) in [6.45, 7) is 0. The summed E-state index contributed by atoms with van der Waals surface area (Å²) in [4.78, 5) is 0. The van der Waals surface area contributed by atoms with E-state index in [9.17, 15) is 5.11 Å². The fraction of sp³-hybridized carbons (Fsp3) is 0. The Morgan fingerprint density at radius 2 is 0.886 bits per heavy atom. The van der Waals surface area contributed by atoms with Gasteiger partial charge in [-0.2, -0.15) is 4.57 Å². The van der Waals surface area contributed by atoms with E-state index in [1.807, 2.05) is 36.4 Å². The number of phenols is 1. The maximum absolute atomic E-state index is 10.6. The van der Waals surface area contributed by atoms with Crippen LogP contribution in [0.3, 0.4) is 0 Å². The molecule has 1 N–H and O–H groups in total. The normalized spacial score (nSPS) is 11.0. The minimum absolute atomic E-state index is 0.286. The first-order valence-electron chi connectivity index (χ1n) is 11.8. The van der Waals surface area contributed by atoms with Gasteiger partial charge in [0.05, 0.1) is 5.39 Å². The molecule has 166 valence electrons. The number of hydrogen-bond acceptors (Lipinski definition) is 1. The quantitative estimate of drug-likeness (QED) is 0.272. The molecule has 0 amide bonds. The van der Waals surface area contributed by atoms with Crippen molar-refractivity contribution in [2.24, 2.45) is 0 Å². The Kier molecular flexibility index (Phi) is 5.32. The molecular formula is C33H24NO+. The molecule has 2 heteroatoms. The van der Waals surface area contributed by atoms with Crippen LogP contribution in [-0.2, 0) is 0 Å². The van der Waals surface area contributed by atoms with Crippen molar-refractivity contribution in [3.05, 3.63) is 140 Å². The van der Waals surface area contributed by atoms with Crippen LogP contribution in [0.1, 0.15) is 0 Å². The summed E-state index contributed by atoms with van der Waals surface area (Å²) in [7, 11) is 0. The lowest BCUT2D eigenvalue weighted by molar-refractivity contribution is -0.570. The Balaban J connectivity index is 1.77. The van der Waals surface area contributed by atoms with Crippen LogP contribution in [0.4, 0.5) is 0 Å².